The summed E-state index contributed by atoms with van der Waals surface area (Å²) in [6, 6.07) is 19.9. The number of nitrogens with zero attached hydrogens (tertiary/aromatic N) is 3. The fraction of sp³-hybridized carbons (Fsp3) is 0.455. The highest BCUT2D eigenvalue weighted by atomic mass is 16.6. The van der Waals surface area contributed by atoms with Crippen LogP contribution in [0.25, 0.3) is 22.4 Å². The minimum Gasteiger partial charge on any atom is -0.450 e. The second kappa shape index (κ2) is 12.2. The largest absolute Gasteiger partial charge is 0.450 e. The molecule has 0 radical (unpaired) electrons. The number of ether oxygens (including phenoxy) is 1. The van der Waals surface area contributed by atoms with E-state index in [-0.39, 0.29) is 24.0 Å². The highest BCUT2D eigenvalue weighted by Crippen LogP contribution is 2.46. The van der Waals surface area contributed by atoms with E-state index in [2.05, 4.69) is 15.5 Å². The van der Waals surface area contributed by atoms with E-state index in [9.17, 15) is 14.7 Å². The van der Waals surface area contributed by atoms with Crippen LogP contribution in [0.1, 0.15) is 64.4 Å². The lowest BCUT2D eigenvalue weighted by Crippen LogP contribution is -2.58. The van der Waals surface area contributed by atoms with Crippen LogP contribution >= 0.6 is 0 Å². The maximum Gasteiger partial charge on any atom is 0.409 e. The van der Waals surface area contributed by atoms with Crippen LogP contribution in [0.3, 0.4) is 0 Å². The summed E-state index contributed by atoms with van der Waals surface area (Å²) in [5.41, 5.74) is 9.71. The molecule has 2 amide bonds. The predicted octanol–water partition coefficient (Wildman–Crippen LogP) is 5.49. The molecule has 2 aliphatic carbocycles. The molecule has 2 saturated carbocycles. The number of carbonyl (C=O) groups is 2. The van der Waals surface area contributed by atoms with Crippen molar-refractivity contribution in [3.05, 3.63) is 66.2 Å². The third-order valence-corrected chi connectivity index (χ3v) is 8.67. The second-order valence-electron chi connectivity index (χ2n) is 12.2. The zero-order valence-corrected chi connectivity index (χ0v) is 24.7. The van der Waals surface area contributed by atoms with Crippen molar-refractivity contribution in [1.82, 2.24) is 15.1 Å². The number of anilines is 1. The molecule has 222 valence electrons. The Kier molecular flexibility index (Phi) is 8.61. The summed E-state index contributed by atoms with van der Waals surface area (Å²) < 4.78 is 5.12. The van der Waals surface area contributed by atoms with Gasteiger partial charge in [0.1, 0.15) is 5.69 Å². The topological polar surface area (TPSA) is 131 Å². The summed E-state index contributed by atoms with van der Waals surface area (Å²) in [5.74, 6) is 0.571. The Morgan fingerprint density at radius 1 is 1.02 bits per heavy atom. The molecule has 0 atom stereocenters. The Morgan fingerprint density at radius 3 is 2.31 bits per heavy atom. The predicted molar refractivity (Wildman–Crippen MR) is 162 cm³/mol. The average Bonchev–Trinajstić information content (AvgIpc) is 2.97. The smallest absolute Gasteiger partial charge is 0.409 e. The monoisotopic (exact) mass is 571 g/mol. The van der Waals surface area contributed by atoms with Gasteiger partial charge in [-0.2, -0.15) is 0 Å². The molecular formula is C33H41N5O4. The molecule has 1 heterocycles. The number of rotatable bonds is 8. The summed E-state index contributed by atoms with van der Waals surface area (Å²) >= 11 is 0. The van der Waals surface area contributed by atoms with Gasteiger partial charge >= 0.3 is 6.09 Å². The average molecular weight is 572 g/mol. The molecule has 42 heavy (non-hydrogen) atoms. The first-order valence-electron chi connectivity index (χ1n) is 14.8. The maximum atomic E-state index is 13.0. The molecule has 2 aliphatic rings. The van der Waals surface area contributed by atoms with Crippen molar-refractivity contribution in [2.75, 3.05) is 19.0 Å². The molecule has 0 spiro atoms. The molecular weight excluding hydrogens is 530 g/mol. The van der Waals surface area contributed by atoms with Gasteiger partial charge in [0, 0.05) is 36.2 Å². The van der Waals surface area contributed by atoms with E-state index in [1.54, 1.807) is 18.9 Å². The molecule has 0 saturated heterocycles. The first-order valence-corrected chi connectivity index (χ1v) is 14.8. The first-order chi connectivity index (χ1) is 20.1. The van der Waals surface area contributed by atoms with Crippen LogP contribution in [0.4, 0.5) is 10.6 Å². The molecule has 0 bridgehead atoms. The molecule has 9 heteroatoms. The van der Waals surface area contributed by atoms with E-state index in [0.717, 1.165) is 47.9 Å². The lowest BCUT2D eigenvalue weighted by Gasteiger charge is -2.49. The van der Waals surface area contributed by atoms with Crippen molar-refractivity contribution in [3.63, 3.8) is 0 Å². The van der Waals surface area contributed by atoms with Crippen molar-refractivity contribution in [1.29, 1.82) is 0 Å². The molecule has 9 nitrogen and oxygen atoms in total. The van der Waals surface area contributed by atoms with Gasteiger partial charge < -0.3 is 25.8 Å². The van der Waals surface area contributed by atoms with E-state index in [1.807, 2.05) is 67.6 Å². The Morgan fingerprint density at radius 2 is 1.69 bits per heavy atom. The third-order valence-electron chi connectivity index (χ3n) is 8.67. The van der Waals surface area contributed by atoms with Gasteiger partial charge in [-0.1, -0.05) is 54.6 Å². The number of nitrogens with two attached hydrogens (primary N) is 1. The molecule has 3 aromatic rings. The summed E-state index contributed by atoms with van der Waals surface area (Å²) in [5, 5.41) is 22.1. The number of nitrogens with one attached hydrogen (secondary N) is 1. The van der Waals surface area contributed by atoms with Crippen LogP contribution in [0.5, 0.6) is 0 Å². The SMILES string of the molecule is CCOC(=O)N(C)[C@H]1CC[C@H](CC(=O)Nc2cc(-c3ccccc3)c(-c3ccc([C@]4(N)C[C@](C)(O)C4)cc3)nn2)CC1. The quantitative estimate of drug-likeness (QED) is 0.326. The highest BCUT2D eigenvalue weighted by molar-refractivity contribution is 5.91. The van der Waals surface area contributed by atoms with Crippen molar-refractivity contribution < 1.29 is 19.4 Å². The van der Waals surface area contributed by atoms with Crippen LogP contribution in [-0.4, -0.2) is 57.5 Å². The molecule has 4 N–H and O–H groups in total. The first kappa shape index (κ1) is 29.7. The minimum absolute atomic E-state index is 0.0905. The second-order valence-corrected chi connectivity index (χ2v) is 12.2. The van der Waals surface area contributed by atoms with E-state index in [0.29, 0.717) is 37.4 Å². The van der Waals surface area contributed by atoms with Gasteiger partial charge in [-0.15, -0.1) is 10.2 Å². The molecule has 0 aliphatic heterocycles. The number of aliphatic hydroxyl groups is 1. The summed E-state index contributed by atoms with van der Waals surface area (Å²) in [6.07, 6.45) is 4.60. The molecule has 0 unspecified atom stereocenters. The van der Waals surface area contributed by atoms with Gasteiger partial charge in [0.15, 0.2) is 5.82 Å². The van der Waals surface area contributed by atoms with Gasteiger partial charge in [0.2, 0.25) is 5.91 Å². The number of amides is 2. The van der Waals surface area contributed by atoms with E-state index in [4.69, 9.17) is 10.5 Å². The number of aromatic nitrogens is 2. The Hall–Kier alpha value is -3.82. The van der Waals surface area contributed by atoms with Crippen molar-refractivity contribution >= 4 is 17.8 Å². The Balaban J connectivity index is 1.27. The van der Waals surface area contributed by atoms with Crippen molar-refractivity contribution in [2.24, 2.45) is 11.7 Å². The number of hydrogen-bond acceptors (Lipinski definition) is 7. The number of hydrogen-bond donors (Lipinski definition) is 3. The van der Waals surface area contributed by atoms with Crippen LogP contribution in [-0.2, 0) is 15.1 Å². The lowest BCUT2D eigenvalue weighted by atomic mass is 9.63. The number of benzene rings is 2. The maximum absolute atomic E-state index is 13.0. The van der Waals surface area contributed by atoms with E-state index < -0.39 is 11.1 Å². The fourth-order valence-electron chi connectivity index (χ4n) is 6.54. The molecule has 2 aromatic carbocycles. The zero-order valence-electron chi connectivity index (χ0n) is 24.7. The molecule has 2 fully saturated rings. The Labute approximate surface area is 247 Å². The van der Waals surface area contributed by atoms with Crippen LogP contribution in [0.2, 0.25) is 0 Å². The van der Waals surface area contributed by atoms with Crippen LogP contribution < -0.4 is 11.1 Å². The summed E-state index contributed by atoms with van der Waals surface area (Å²) in [6.45, 7) is 3.98. The molecule has 5 rings (SSSR count). The fourth-order valence-corrected chi connectivity index (χ4v) is 6.54. The van der Waals surface area contributed by atoms with Crippen molar-refractivity contribution in [3.8, 4) is 22.4 Å². The van der Waals surface area contributed by atoms with Gasteiger partial charge in [0.25, 0.3) is 0 Å². The molecule has 1 aromatic heterocycles. The van der Waals surface area contributed by atoms with E-state index in [1.165, 1.54) is 0 Å². The highest BCUT2D eigenvalue weighted by Gasteiger charge is 2.49. The normalized spacial score (nSPS) is 25.3. The summed E-state index contributed by atoms with van der Waals surface area (Å²) in [4.78, 5) is 26.7. The van der Waals surface area contributed by atoms with Gasteiger partial charge in [0.05, 0.1) is 12.2 Å². The van der Waals surface area contributed by atoms with Gasteiger partial charge in [-0.05, 0) is 75.5 Å². The van der Waals surface area contributed by atoms with Crippen molar-refractivity contribution in [2.45, 2.75) is 76.0 Å². The number of carbonyl (C=O) groups excluding carboxylic acids is 2. The van der Waals surface area contributed by atoms with Gasteiger partial charge in [-0.25, -0.2) is 4.79 Å². The zero-order chi connectivity index (χ0) is 29.9. The van der Waals surface area contributed by atoms with Crippen LogP contribution in [0, 0.1) is 5.92 Å². The third kappa shape index (κ3) is 6.63. The Bertz CT molecular complexity index is 1390. The summed E-state index contributed by atoms with van der Waals surface area (Å²) in [7, 11) is 1.78. The lowest BCUT2D eigenvalue weighted by molar-refractivity contribution is -0.117. The van der Waals surface area contributed by atoms with Crippen LogP contribution in [0.15, 0.2) is 60.7 Å². The standard InChI is InChI=1S/C33H41N5O4/c1-4-42-31(40)38(3)26-16-10-22(11-17-26)18-29(39)35-28-19-27(23-8-6-5-7-9-23)30(37-36-28)24-12-14-25(15-13-24)33(34)20-32(2,41)21-33/h5-9,12-15,19,22,26,41H,4,10-11,16-18,20-21,34H2,1-3H3,(H,35,36,39)/t22-,26-,32-,33-. The minimum atomic E-state index is -0.722. The van der Waals surface area contributed by atoms with E-state index >= 15 is 0 Å². The van der Waals surface area contributed by atoms with Gasteiger partial charge in [-0.3, -0.25) is 4.79 Å².